The zero-order valence-corrected chi connectivity index (χ0v) is 15.4. The summed E-state index contributed by atoms with van der Waals surface area (Å²) >= 11 is 0. The first-order chi connectivity index (χ1) is 11.9. The molecule has 0 aliphatic heterocycles. The summed E-state index contributed by atoms with van der Waals surface area (Å²) in [5.74, 6) is 0.667. The van der Waals surface area contributed by atoms with E-state index >= 15 is 0 Å². The molecule has 1 aromatic carbocycles. The number of aromatic nitrogens is 3. The Labute approximate surface area is 148 Å². The highest BCUT2D eigenvalue weighted by molar-refractivity contribution is 5.97. The molecule has 0 fully saturated rings. The Balaban J connectivity index is 1.93. The van der Waals surface area contributed by atoms with Crippen LogP contribution >= 0.6 is 0 Å². The zero-order chi connectivity index (χ0) is 18.1. The molecule has 0 spiro atoms. The van der Waals surface area contributed by atoms with Crippen LogP contribution in [0.1, 0.15) is 45.8 Å². The van der Waals surface area contributed by atoms with Crippen molar-refractivity contribution in [3.05, 3.63) is 70.7 Å². The fourth-order valence-electron chi connectivity index (χ4n) is 3.28. The molecule has 0 saturated carbocycles. The second-order valence-electron chi connectivity index (χ2n) is 6.51. The van der Waals surface area contributed by atoms with Crippen LogP contribution in [0.2, 0.25) is 0 Å². The van der Waals surface area contributed by atoms with E-state index in [1.807, 2.05) is 58.2 Å². The SMILES string of the molecule is Cc1ccccc1[C@@H](C)NC(=O)c1cnn(C)c1-n1c(C)ccc1C. The van der Waals surface area contributed by atoms with Gasteiger partial charge in [-0.3, -0.25) is 9.48 Å². The maximum absolute atomic E-state index is 12.9. The third kappa shape index (κ3) is 3.09. The van der Waals surface area contributed by atoms with E-state index < -0.39 is 0 Å². The molecule has 0 unspecified atom stereocenters. The van der Waals surface area contributed by atoms with Gasteiger partial charge < -0.3 is 9.88 Å². The van der Waals surface area contributed by atoms with E-state index in [0.717, 1.165) is 22.8 Å². The molecule has 2 aromatic heterocycles. The Morgan fingerprint density at radius 3 is 2.36 bits per heavy atom. The standard InChI is InChI=1S/C20H24N4O/c1-13-8-6-7-9-17(13)16(4)22-19(25)18-12-21-23(5)20(18)24-14(2)10-11-15(24)3/h6-12,16H,1-5H3,(H,22,25)/t16-/m1/s1. The lowest BCUT2D eigenvalue weighted by Crippen LogP contribution is -2.28. The van der Waals surface area contributed by atoms with Gasteiger partial charge in [0, 0.05) is 18.4 Å². The average molecular weight is 336 g/mol. The van der Waals surface area contributed by atoms with Crippen LogP contribution in [0.15, 0.2) is 42.6 Å². The van der Waals surface area contributed by atoms with Crippen molar-refractivity contribution < 1.29 is 4.79 Å². The Morgan fingerprint density at radius 2 is 1.72 bits per heavy atom. The topological polar surface area (TPSA) is 51.9 Å². The molecule has 130 valence electrons. The normalized spacial score (nSPS) is 12.2. The van der Waals surface area contributed by atoms with Crippen molar-refractivity contribution in [2.45, 2.75) is 33.7 Å². The van der Waals surface area contributed by atoms with E-state index in [-0.39, 0.29) is 11.9 Å². The number of carbonyl (C=O) groups excluding carboxylic acids is 1. The first kappa shape index (κ1) is 17.0. The van der Waals surface area contributed by atoms with Crippen molar-refractivity contribution in [1.29, 1.82) is 0 Å². The number of rotatable bonds is 4. The third-order valence-electron chi connectivity index (χ3n) is 4.64. The van der Waals surface area contributed by atoms with Gasteiger partial charge in [0.1, 0.15) is 11.4 Å². The number of benzene rings is 1. The lowest BCUT2D eigenvalue weighted by molar-refractivity contribution is 0.0939. The molecule has 1 N–H and O–H groups in total. The van der Waals surface area contributed by atoms with Crippen LogP contribution in [0.4, 0.5) is 0 Å². The summed E-state index contributed by atoms with van der Waals surface area (Å²) in [6.45, 7) is 8.11. The molecule has 0 aliphatic rings. The number of aryl methyl sites for hydroxylation is 4. The van der Waals surface area contributed by atoms with E-state index in [0.29, 0.717) is 5.56 Å². The van der Waals surface area contributed by atoms with Crippen molar-refractivity contribution in [3.8, 4) is 5.82 Å². The molecule has 0 radical (unpaired) electrons. The monoisotopic (exact) mass is 336 g/mol. The lowest BCUT2D eigenvalue weighted by atomic mass is 10.0. The van der Waals surface area contributed by atoms with Crippen molar-refractivity contribution in [2.24, 2.45) is 7.05 Å². The number of carbonyl (C=O) groups is 1. The van der Waals surface area contributed by atoms with E-state index in [9.17, 15) is 4.79 Å². The van der Waals surface area contributed by atoms with Gasteiger partial charge in [-0.25, -0.2) is 0 Å². The minimum Gasteiger partial charge on any atom is -0.345 e. The van der Waals surface area contributed by atoms with E-state index in [1.165, 1.54) is 5.56 Å². The molecule has 1 amide bonds. The largest absolute Gasteiger partial charge is 0.345 e. The van der Waals surface area contributed by atoms with Gasteiger partial charge in [0.25, 0.3) is 5.91 Å². The van der Waals surface area contributed by atoms with E-state index in [4.69, 9.17) is 0 Å². The van der Waals surface area contributed by atoms with Crippen molar-refractivity contribution in [1.82, 2.24) is 19.7 Å². The lowest BCUT2D eigenvalue weighted by Gasteiger charge is -2.17. The van der Waals surface area contributed by atoms with Gasteiger partial charge in [0.15, 0.2) is 0 Å². The highest BCUT2D eigenvalue weighted by Gasteiger charge is 2.21. The second-order valence-corrected chi connectivity index (χ2v) is 6.51. The van der Waals surface area contributed by atoms with Crippen molar-refractivity contribution in [2.75, 3.05) is 0 Å². The summed E-state index contributed by atoms with van der Waals surface area (Å²) < 4.78 is 3.80. The summed E-state index contributed by atoms with van der Waals surface area (Å²) in [7, 11) is 1.86. The van der Waals surface area contributed by atoms with E-state index in [1.54, 1.807) is 10.9 Å². The number of amides is 1. The summed E-state index contributed by atoms with van der Waals surface area (Å²) in [4.78, 5) is 12.9. The van der Waals surface area contributed by atoms with E-state index in [2.05, 4.69) is 28.0 Å². The molecule has 0 saturated heterocycles. The highest BCUT2D eigenvalue weighted by Crippen LogP contribution is 2.22. The number of nitrogens with zero attached hydrogens (tertiary/aromatic N) is 3. The number of hydrogen-bond donors (Lipinski definition) is 1. The smallest absolute Gasteiger partial charge is 0.257 e. The van der Waals surface area contributed by atoms with Gasteiger partial charge in [-0.15, -0.1) is 0 Å². The molecule has 5 heteroatoms. The van der Waals surface area contributed by atoms with Gasteiger partial charge in [-0.05, 0) is 51.0 Å². The quantitative estimate of drug-likeness (QED) is 0.791. The molecule has 3 rings (SSSR count). The third-order valence-corrected chi connectivity index (χ3v) is 4.64. The molecule has 0 bridgehead atoms. The van der Waals surface area contributed by atoms with Crippen molar-refractivity contribution >= 4 is 5.91 Å². The maximum Gasteiger partial charge on any atom is 0.257 e. The first-order valence-corrected chi connectivity index (χ1v) is 8.44. The van der Waals surface area contributed by atoms with Crippen LogP contribution in [0.5, 0.6) is 0 Å². The second kappa shape index (κ2) is 6.59. The molecule has 5 nitrogen and oxygen atoms in total. The fraction of sp³-hybridized carbons (Fsp3) is 0.300. The zero-order valence-electron chi connectivity index (χ0n) is 15.4. The molecule has 2 heterocycles. The van der Waals surface area contributed by atoms with Crippen LogP contribution in [-0.4, -0.2) is 20.3 Å². The fourth-order valence-corrected chi connectivity index (χ4v) is 3.28. The Bertz CT molecular complexity index is 900. The first-order valence-electron chi connectivity index (χ1n) is 8.44. The van der Waals surface area contributed by atoms with Gasteiger partial charge in [-0.2, -0.15) is 5.10 Å². The molecule has 0 aliphatic carbocycles. The minimum absolute atomic E-state index is 0.0754. The average Bonchev–Trinajstić information content (AvgIpc) is 3.10. The Kier molecular flexibility index (Phi) is 4.49. The maximum atomic E-state index is 12.9. The summed E-state index contributed by atoms with van der Waals surface area (Å²) in [6, 6.07) is 12.1. The highest BCUT2D eigenvalue weighted by atomic mass is 16.1. The van der Waals surface area contributed by atoms with Crippen LogP contribution in [0.25, 0.3) is 5.82 Å². The van der Waals surface area contributed by atoms with Crippen LogP contribution in [-0.2, 0) is 7.05 Å². The Morgan fingerprint density at radius 1 is 1.08 bits per heavy atom. The molecule has 25 heavy (non-hydrogen) atoms. The predicted molar refractivity (Wildman–Crippen MR) is 99.1 cm³/mol. The van der Waals surface area contributed by atoms with Crippen LogP contribution < -0.4 is 5.32 Å². The predicted octanol–water partition coefficient (Wildman–Crippen LogP) is 3.63. The molecular formula is C20H24N4O. The molecule has 3 aromatic rings. The van der Waals surface area contributed by atoms with Gasteiger partial charge in [-0.1, -0.05) is 24.3 Å². The Hall–Kier alpha value is -2.82. The summed E-state index contributed by atoms with van der Waals surface area (Å²) in [5.41, 5.74) is 5.00. The van der Waals surface area contributed by atoms with Crippen molar-refractivity contribution in [3.63, 3.8) is 0 Å². The van der Waals surface area contributed by atoms with Crippen LogP contribution in [0, 0.1) is 20.8 Å². The minimum atomic E-state index is -0.119. The molecule has 1 atom stereocenters. The molecular weight excluding hydrogens is 312 g/mol. The van der Waals surface area contributed by atoms with Gasteiger partial charge in [0.05, 0.1) is 12.2 Å². The van der Waals surface area contributed by atoms with Gasteiger partial charge in [0.2, 0.25) is 0 Å². The van der Waals surface area contributed by atoms with Crippen LogP contribution in [0.3, 0.4) is 0 Å². The summed E-state index contributed by atoms with van der Waals surface area (Å²) in [6.07, 6.45) is 1.63. The van der Waals surface area contributed by atoms with Gasteiger partial charge >= 0.3 is 0 Å². The number of nitrogens with one attached hydrogen (secondary N) is 1. The number of hydrogen-bond acceptors (Lipinski definition) is 2. The summed E-state index contributed by atoms with van der Waals surface area (Å²) in [5, 5.41) is 7.41.